The number of rotatable bonds is 4. The minimum Gasteiger partial charge on any atom is -0.322 e. The summed E-state index contributed by atoms with van der Waals surface area (Å²) in [4.78, 5) is 11.8. The molecule has 0 aromatic heterocycles. The highest BCUT2D eigenvalue weighted by molar-refractivity contribution is 6.42. The number of hydrogen-bond donors (Lipinski definition) is 1. The van der Waals surface area contributed by atoms with E-state index in [1.54, 1.807) is 0 Å². The Morgan fingerprint density at radius 1 is 1.39 bits per heavy atom. The van der Waals surface area contributed by atoms with Gasteiger partial charge in [-0.1, -0.05) is 48.1 Å². The van der Waals surface area contributed by atoms with Crippen molar-refractivity contribution in [2.45, 2.75) is 19.8 Å². The van der Waals surface area contributed by atoms with Gasteiger partial charge in [0.25, 0.3) is 0 Å². The summed E-state index contributed by atoms with van der Waals surface area (Å²) in [6, 6.07) is 4.90. The molecule has 6 heteroatoms. The van der Waals surface area contributed by atoms with Crippen molar-refractivity contribution in [1.82, 2.24) is 0 Å². The van der Waals surface area contributed by atoms with Crippen LogP contribution in [0.15, 0.2) is 12.1 Å². The van der Waals surface area contributed by atoms with Crippen LogP contribution in [-0.2, 0) is 4.79 Å². The van der Waals surface area contributed by atoms with E-state index in [0.29, 0.717) is 11.4 Å². The molecular formula is C12H11Cl3N2O. The van der Waals surface area contributed by atoms with Crippen LogP contribution in [-0.4, -0.2) is 5.91 Å². The highest BCUT2D eigenvalue weighted by Crippen LogP contribution is 2.34. The number of benzene rings is 1. The molecule has 1 unspecified atom stereocenters. The summed E-state index contributed by atoms with van der Waals surface area (Å²) in [6.45, 7) is 1.90. The number of nitrogens with one attached hydrogen (secondary N) is 1. The summed E-state index contributed by atoms with van der Waals surface area (Å²) < 4.78 is 0. The van der Waals surface area contributed by atoms with Gasteiger partial charge in [-0.2, -0.15) is 5.26 Å². The van der Waals surface area contributed by atoms with Crippen molar-refractivity contribution in [3.8, 4) is 6.07 Å². The van der Waals surface area contributed by atoms with Crippen molar-refractivity contribution in [2.24, 2.45) is 5.92 Å². The highest BCUT2D eigenvalue weighted by atomic mass is 35.5. The Labute approximate surface area is 121 Å². The number of carbonyl (C=O) groups is 1. The number of carbonyl (C=O) groups excluding carboxylic acids is 1. The number of nitriles is 1. The van der Waals surface area contributed by atoms with Crippen LogP contribution < -0.4 is 5.32 Å². The zero-order chi connectivity index (χ0) is 13.7. The zero-order valence-electron chi connectivity index (χ0n) is 9.64. The smallest absolute Gasteiger partial charge is 0.241 e. The van der Waals surface area contributed by atoms with Gasteiger partial charge in [-0.05, 0) is 18.6 Å². The lowest BCUT2D eigenvalue weighted by molar-refractivity contribution is -0.118. The van der Waals surface area contributed by atoms with Crippen LogP contribution in [0.25, 0.3) is 0 Å². The van der Waals surface area contributed by atoms with E-state index in [4.69, 9.17) is 40.1 Å². The van der Waals surface area contributed by atoms with Gasteiger partial charge in [-0.3, -0.25) is 4.79 Å². The molecule has 18 heavy (non-hydrogen) atoms. The van der Waals surface area contributed by atoms with Crippen LogP contribution in [0.1, 0.15) is 19.8 Å². The monoisotopic (exact) mass is 304 g/mol. The van der Waals surface area contributed by atoms with E-state index in [9.17, 15) is 4.79 Å². The first-order valence-electron chi connectivity index (χ1n) is 5.34. The Kier molecular flexibility index (Phi) is 5.74. The first kappa shape index (κ1) is 15.1. The highest BCUT2D eigenvalue weighted by Gasteiger charge is 2.19. The fourth-order valence-corrected chi connectivity index (χ4v) is 2.33. The molecule has 1 aromatic rings. The topological polar surface area (TPSA) is 52.9 Å². The molecule has 1 amide bonds. The minimum absolute atomic E-state index is 0.244. The Balaban J connectivity index is 2.92. The zero-order valence-corrected chi connectivity index (χ0v) is 11.9. The molecule has 1 aromatic carbocycles. The maximum atomic E-state index is 11.8. The van der Waals surface area contributed by atoms with Gasteiger partial charge in [-0.25, -0.2) is 0 Å². The molecule has 0 aliphatic rings. The van der Waals surface area contributed by atoms with E-state index in [2.05, 4.69) is 5.32 Å². The van der Waals surface area contributed by atoms with Crippen LogP contribution in [0.3, 0.4) is 0 Å². The molecule has 0 radical (unpaired) electrons. The molecule has 0 heterocycles. The van der Waals surface area contributed by atoms with Crippen molar-refractivity contribution >= 4 is 46.4 Å². The van der Waals surface area contributed by atoms with Crippen molar-refractivity contribution in [3.63, 3.8) is 0 Å². The number of anilines is 1. The van der Waals surface area contributed by atoms with Gasteiger partial charge >= 0.3 is 0 Å². The van der Waals surface area contributed by atoms with E-state index in [0.717, 1.165) is 6.42 Å². The lowest BCUT2D eigenvalue weighted by atomic mass is 10.0. The molecule has 0 bridgehead atoms. The number of amides is 1. The predicted octanol–water partition coefficient (Wildman–Crippen LogP) is 4.53. The fourth-order valence-electron chi connectivity index (χ4n) is 1.41. The lowest BCUT2D eigenvalue weighted by Crippen LogP contribution is -2.21. The molecule has 0 spiro atoms. The molecule has 0 aliphatic carbocycles. The maximum Gasteiger partial charge on any atom is 0.241 e. The van der Waals surface area contributed by atoms with Crippen molar-refractivity contribution in [1.29, 1.82) is 5.26 Å². The van der Waals surface area contributed by atoms with Gasteiger partial charge < -0.3 is 5.32 Å². The average molecular weight is 306 g/mol. The third kappa shape index (κ3) is 3.78. The predicted molar refractivity (Wildman–Crippen MR) is 74.1 cm³/mol. The van der Waals surface area contributed by atoms with Crippen LogP contribution in [0.5, 0.6) is 0 Å². The summed E-state index contributed by atoms with van der Waals surface area (Å²) >= 11 is 17.6. The number of hydrogen-bond acceptors (Lipinski definition) is 2. The van der Waals surface area contributed by atoms with E-state index in [1.807, 2.05) is 13.0 Å². The first-order valence-corrected chi connectivity index (χ1v) is 6.48. The molecule has 0 fully saturated rings. The molecule has 0 saturated heterocycles. The van der Waals surface area contributed by atoms with Gasteiger partial charge in [0.2, 0.25) is 5.91 Å². The van der Waals surface area contributed by atoms with Crippen LogP contribution in [0.4, 0.5) is 5.69 Å². The SMILES string of the molecule is CCCC(C#N)C(=O)Nc1c(Cl)cc(Cl)cc1Cl. The second-order valence-corrected chi connectivity index (χ2v) is 4.95. The average Bonchev–Trinajstić information content (AvgIpc) is 2.30. The van der Waals surface area contributed by atoms with Crippen molar-refractivity contribution < 1.29 is 4.79 Å². The maximum absolute atomic E-state index is 11.8. The van der Waals surface area contributed by atoms with E-state index < -0.39 is 11.8 Å². The van der Waals surface area contributed by atoms with E-state index >= 15 is 0 Å². The summed E-state index contributed by atoms with van der Waals surface area (Å²) in [5, 5.41) is 12.3. The molecule has 0 aliphatic heterocycles. The Hall–Kier alpha value is -0.950. The van der Waals surface area contributed by atoms with Crippen LogP contribution >= 0.6 is 34.8 Å². The third-order valence-electron chi connectivity index (χ3n) is 2.30. The van der Waals surface area contributed by atoms with E-state index in [-0.39, 0.29) is 15.7 Å². The van der Waals surface area contributed by atoms with Gasteiger partial charge in [-0.15, -0.1) is 0 Å². The van der Waals surface area contributed by atoms with Gasteiger partial charge in [0.15, 0.2) is 0 Å². The normalized spacial score (nSPS) is 11.7. The Morgan fingerprint density at radius 3 is 2.39 bits per heavy atom. The van der Waals surface area contributed by atoms with Crippen molar-refractivity contribution in [3.05, 3.63) is 27.2 Å². The molecule has 3 nitrogen and oxygen atoms in total. The number of halogens is 3. The third-order valence-corrected chi connectivity index (χ3v) is 3.12. The Bertz CT molecular complexity index is 474. The minimum atomic E-state index is -0.710. The van der Waals surface area contributed by atoms with Crippen LogP contribution in [0.2, 0.25) is 15.1 Å². The second kappa shape index (κ2) is 6.84. The molecule has 0 saturated carbocycles. The number of nitrogens with zero attached hydrogens (tertiary/aromatic N) is 1. The van der Waals surface area contributed by atoms with E-state index in [1.165, 1.54) is 12.1 Å². The quantitative estimate of drug-likeness (QED) is 0.888. The van der Waals surface area contributed by atoms with Crippen molar-refractivity contribution in [2.75, 3.05) is 5.32 Å². The van der Waals surface area contributed by atoms with Gasteiger partial charge in [0.1, 0.15) is 5.92 Å². The molecule has 1 rings (SSSR count). The Morgan fingerprint density at radius 2 is 1.94 bits per heavy atom. The molecular weight excluding hydrogens is 295 g/mol. The molecule has 1 N–H and O–H groups in total. The largest absolute Gasteiger partial charge is 0.322 e. The standard InChI is InChI=1S/C12H11Cl3N2O/c1-2-3-7(6-16)12(18)17-11-9(14)4-8(13)5-10(11)15/h4-5,7H,2-3H2,1H3,(H,17,18). The van der Waals surface area contributed by atoms with Gasteiger partial charge in [0.05, 0.1) is 21.8 Å². The van der Waals surface area contributed by atoms with Crippen LogP contribution in [0, 0.1) is 17.2 Å². The molecule has 96 valence electrons. The summed E-state index contributed by atoms with van der Waals surface area (Å²) in [7, 11) is 0. The summed E-state index contributed by atoms with van der Waals surface area (Å²) in [6.07, 6.45) is 1.24. The summed E-state index contributed by atoms with van der Waals surface area (Å²) in [5.74, 6) is -1.12. The summed E-state index contributed by atoms with van der Waals surface area (Å²) in [5.41, 5.74) is 0.282. The lowest BCUT2D eigenvalue weighted by Gasteiger charge is -2.12. The molecule has 1 atom stereocenters. The first-order chi connectivity index (χ1) is 8.49. The fraction of sp³-hybridized carbons (Fsp3) is 0.333. The van der Waals surface area contributed by atoms with Gasteiger partial charge in [0, 0.05) is 5.02 Å². The second-order valence-electron chi connectivity index (χ2n) is 3.70.